The van der Waals surface area contributed by atoms with E-state index in [0.29, 0.717) is 12.8 Å². The van der Waals surface area contributed by atoms with Crippen LogP contribution < -0.4 is 10.6 Å². The molecule has 384 valence electrons. The maximum Gasteiger partial charge on any atom is 0.483 e. The van der Waals surface area contributed by atoms with E-state index in [2.05, 4.69) is 86.9 Å². The molecule has 2 saturated heterocycles. The SMILES string of the molecule is CC(=O)N[C@@H]1[C@H](O[C@H]2[C@H](O)[C@@H](NC(C)=O)[C@@H](OP(=O)(O)OP(=O)(O)OC/C=C(/C)CC/C=C(/C)CC/C=C(/C)CC/C=C(\C)CC/C=C(\C)CCC=C(C)C)O[C@@H]2CO)O[C@H](CO)[C@@H](O)[C@@H]1O. The van der Waals surface area contributed by atoms with Gasteiger partial charge in [0.05, 0.1) is 19.8 Å². The van der Waals surface area contributed by atoms with Gasteiger partial charge in [-0.15, -0.1) is 0 Å². The van der Waals surface area contributed by atoms with Gasteiger partial charge in [0, 0.05) is 13.8 Å². The van der Waals surface area contributed by atoms with Gasteiger partial charge in [-0.3, -0.25) is 18.6 Å². The van der Waals surface area contributed by atoms with E-state index < -0.39 is 109 Å². The highest BCUT2D eigenvalue weighted by atomic mass is 31.3. The van der Waals surface area contributed by atoms with Crippen molar-refractivity contribution in [1.29, 1.82) is 0 Å². The van der Waals surface area contributed by atoms with E-state index in [-0.39, 0.29) is 0 Å². The molecule has 0 saturated carbocycles. The van der Waals surface area contributed by atoms with Crippen LogP contribution in [0.4, 0.5) is 0 Å². The first-order valence-electron chi connectivity index (χ1n) is 22.8. The first kappa shape index (κ1) is 60.4. The summed E-state index contributed by atoms with van der Waals surface area (Å²) in [6, 6.07) is -3.25. The number of carbonyl (C=O) groups is 2. The molecule has 2 fully saturated rings. The molecule has 21 heteroatoms. The number of allylic oxidation sites excluding steroid dienone is 11. The molecule has 2 aliphatic rings. The van der Waals surface area contributed by atoms with Gasteiger partial charge in [-0.1, -0.05) is 69.9 Å². The van der Waals surface area contributed by atoms with Crippen molar-refractivity contribution in [3.8, 4) is 0 Å². The maximum atomic E-state index is 13.0. The third-order valence-electron chi connectivity index (χ3n) is 11.1. The minimum absolute atomic E-state index is 0.473. The number of hydrogen-bond acceptors (Lipinski definition) is 15. The summed E-state index contributed by atoms with van der Waals surface area (Å²) in [5.74, 6) is -1.49. The van der Waals surface area contributed by atoms with E-state index >= 15 is 0 Å². The molecular weight excluding hydrogens is 914 g/mol. The van der Waals surface area contributed by atoms with Crippen molar-refractivity contribution in [3.05, 3.63) is 69.9 Å². The number of carbonyl (C=O) groups excluding carboxylic acids is 2. The Morgan fingerprint density at radius 1 is 0.552 bits per heavy atom. The van der Waals surface area contributed by atoms with Gasteiger partial charge in [0.25, 0.3) is 0 Å². The summed E-state index contributed by atoms with van der Waals surface area (Å²) in [7, 11) is -10.9. The summed E-state index contributed by atoms with van der Waals surface area (Å²) < 4.78 is 57.1. The molecule has 0 spiro atoms. The molecule has 2 heterocycles. The predicted molar refractivity (Wildman–Crippen MR) is 252 cm³/mol. The Morgan fingerprint density at radius 3 is 1.37 bits per heavy atom. The smallest absolute Gasteiger partial charge is 0.394 e. The Hall–Kier alpha value is -2.68. The van der Waals surface area contributed by atoms with Gasteiger partial charge in [-0.25, -0.2) is 9.13 Å². The number of nitrogens with one attached hydrogen (secondary N) is 2. The fourth-order valence-electron chi connectivity index (χ4n) is 7.32. The van der Waals surface area contributed by atoms with Gasteiger partial charge in [-0.2, -0.15) is 4.31 Å². The fraction of sp³-hybridized carbons (Fsp3) is 0.696. The number of aliphatic hydroxyl groups is 5. The molecule has 0 aromatic heterocycles. The first-order valence-corrected chi connectivity index (χ1v) is 25.8. The molecule has 2 rings (SSSR count). The number of amides is 2. The lowest BCUT2D eigenvalue weighted by atomic mass is 9.94. The number of hydrogen-bond donors (Lipinski definition) is 9. The molecule has 2 amide bonds. The molecule has 9 N–H and O–H groups in total. The van der Waals surface area contributed by atoms with E-state index in [1.165, 1.54) is 33.9 Å². The van der Waals surface area contributed by atoms with Crippen LogP contribution in [0, 0.1) is 0 Å². The van der Waals surface area contributed by atoms with Crippen molar-refractivity contribution >= 4 is 27.5 Å². The average molecular weight is 993 g/mol. The van der Waals surface area contributed by atoms with Gasteiger partial charge in [-0.05, 0) is 113 Å². The Morgan fingerprint density at radius 2 is 0.955 bits per heavy atom. The van der Waals surface area contributed by atoms with Crippen LogP contribution in [0.1, 0.15) is 127 Å². The second-order valence-corrected chi connectivity index (χ2v) is 20.6. The van der Waals surface area contributed by atoms with Crippen molar-refractivity contribution in [3.63, 3.8) is 0 Å². The van der Waals surface area contributed by atoms with Gasteiger partial charge in [0.1, 0.15) is 48.7 Å². The van der Waals surface area contributed by atoms with E-state index in [0.717, 1.165) is 70.8 Å². The molecule has 2 unspecified atom stereocenters. The predicted octanol–water partition coefficient (Wildman–Crippen LogP) is 5.75. The van der Waals surface area contributed by atoms with Crippen LogP contribution in [0.2, 0.25) is 0 Å². The first-order chi connectivity index (χ1) is 31.4. The molecule has 0 aliphatic carbocycles. The Bertz CT molecular complexity index is 1860. The summed E-state index contributed by atoms with van der Waals surface area (Å²) in [4.78, 5) is 44.9. The van der Waals surface area contributed by atoms with Crippen molar-refractivity contribution in [1.82, 2.24) is 10.6 Å². The van der Waals surface area contributed by atoms with Crippen molar-refractivity contribution in [2.45, 2.75) is 188 Å². The van der Waals surface area contributed by atoms with Gasteiger partial charge in [0.2, 0.25) is 11.8 Å². The Labute approximate surface area is 396 Å². The Balaban J connectivity index is 1.90. The largest absolute Gasteiger partial charge is 0.483 e. The summed E-state index contributed by atoms with van der Waals surface area (Å²) in [6.45, 7) is 14.6. The van der Waals surface area contributed by atoms with Crippen molar-refractivity contribution in [2.24, 2.45) is 0 Å². The lowest BCUT2D eigenvalue weighted by Gasteiger charge is -2.48. The van der Waals surface area contributed by atoms with Crippen LogP contribution >= 0.6 is 15.6 Å². The lowest BCUT2D eigenvalue weighted by molar-refractivity contribution is -0.325. The summed E-state index contributed by atoms with van der Waals surface area (Å²) in [5.41, 5.74) is 7.63. The zero-order chi connectivity index (χ0) is 50.5. The van der Waals surface area contributed by atoms with Crippen LogP contribution in [-0.2, 0) is 46.3 Å². The highest BCUT2D eigenvalue weighted by Crippen LogP contribution is 2.61. The standard InChI is InChI=1S/C46H78N2O17P2/c1-29(2)15-10-16-30(3)17-11-18-31(4)19-12-20-32(5)21-13-22-33(6)23-14-24-34(7)25-26-60-66(56,57)65-67(58,59)64-46-40(48-36(9)52)43(55)44(38(28-50)62-46)63-45-39(47-35(8)51)42(54)41(53)37(27-49)61-45/h15,17,19,21,23,25,37-46,49-50,53-55H,10-14,16,18,20,22,24,26-28H2,1-9H3,(H,47,51)(H,48,52)(H,56,57)(H,58,59)/b30-17+,31-19+,32-21-,33-23-,34-25-/t37-,38-,39+,40-,41-,42-,43-,44-,45+,46-/m1/s1. The van der Waals surface area contributed by atoms with E-state index in [9.17, 15) is 54.0 Å². The van der Waals surface area contributed by atoms with Gasteiger partial charge < -0.3 is 60.2 Å². The van der Waals surface area contributed by atoms with Crippen molar-refractivity contribution in [2.75, 3.05) is 19.8 Å². The third kappa shape index (κ3) is 23.2. The van der Waals surface area contributed by atoms with Crippen molar-refractivity contribution < 1.29 is 81.6 Å². The number of phosphoric ester groups is 2. The molecular formula is C46H78N2O17P2. The fourth-order valence-corrected chi connectivity index (χ4v) is 9.41. The number of ether oxygens (including phenoxy) is 3. The number of aliphatic hydroxyl groups excluding tert-OH is 5. The van der Waals surface area contributed by atoms with Crippen LogP contribution in [0.3, 0.4) is 0 Å². The molecule has 0 bridgehead atoms. The maximum absolute atomic E-state index is 13.0. The number of rotatable bonds is 28. The molecule has 19 nitrogen and oxygen atoms in total. The molecule has 2 aliphatic heterocycles. The topological polar surface area (TPSA) is 289 Å². The number of phosphoric acid groups is 2. The molecule has 0 radical (unpaired) electrons. The Kier molecular flexibility index (Phi) is 27.2. The van der Waals surface area contributed by atoms with E-state index in [4.69, 9.17) is 23.3 Å². The second kappa shape index (κ2) is 30.1. The summed E-state index contributed by atoms with van der Waals surface area (Å²) >= 11 is 0. The minimum atomic E-state index is -5.61. The summed E-state index contributed by atoms with van der Waals surface area (Å²) in [5, 5.41) is 56.8. The van der Waals surface area contributed by atoms with Gasteiger partial charge in [0.15, 0.2) is 12.6 Å². The molecule has 0 aromatic rings. The zero-order valence-electron chi connectivity index (χ0n) is 40.5. The minimum Gasteiger partial charge on any atom is -0.394 e. The molecule has 0 aromatic carbocycles. The van der Waals surface area contributed by atoms with E-state index in [1.807, 2.05) is 0 Å². The van der Waals surface area contributed by atoms with Gasteiger partial charge >= 0.3 is 15.6 Å². The second-order valence-electron chi connectivity index (χ2n) is 17.6. The quantitative estimate of drug-likeness (QED) is 0.0333. The lowest BCUT2D eigenvalue weighted by Crippen LogP contribution is -2.69. The van der Waals surface area contributed by atoms with E-state index in [1.54, 1.807) is 6.92 Å². The van der Waals surface area contributed by atoms with Crippen LogP contribution in [0.15, 0.2) is 69.9 Å². The normalized spacial score (nSPS) is 28.6. The molecule has 12 atom stereocenters. The van der Waals surface area contributed by atoms with Crippen LogP contribution in [0.25, 0.3) is 0 Å². The highest BCUT2D eigenvalue weighted by molar-refractivity contribution is 7.61. The summed E-state index contributed by atoms with van der Waals surface area (Å²) in [6.07, 6.45) is 8.53. The van der Waals surface area contributed by atoms with Crippen LogP contribution in [0.5, 0.6) is 0 Å². The molecule has 67 heavy (non-hydrogen) atoms. The average Bonchev–Trinajstić information content (AvgIpc) is 3.21. The highest BCUT2D eigenvalue weighted by Gasteiger charge is 2.53. The monoisotopic (exact) mass is 992 g/mol. The van der Waals surface area contributed by atoms with Crippen LogP contribution in [-0.4, -0.2) is 128 Å². The third-order valence-corrected chi connectivity index (χ3v) is 13.7. The zero-order valence-corrected chi connectivity index (χ0v) is 42.3.